The van der Waals surface area contributed by atoms with Gasteiger partial charge >= 0.3 is 0 Å². The summed E-state index contributed by atoms with van der Waals surface area (Å²) in [6.45, 7) is 4.82. The van der Waals surface area contributed by atoms with Gasteiger partial charge in [-0.1, -0.05) is 0 Å². The molecule has 5 heterocycles. The molecular weight excluding hydrogens is 417 g/mol. The summed E-state index contributed by atoms with van der Waals surface area (Å²) in [6.07, 6.45) is 2.71. The van der Waals surface area contributed by atoms with Gasteiger partial charge in [0.1, 0.15) is 22.6 Å². The zero-order valence-electron chi connectivity index (χ0n) is 17.4. The van der Waals surface area contributed by atoms with Crippen LogP contribution in [-0.4, -0.2) is 62.5 Å². The lowest BCUT2D eigenvalue weighted by Crippen LogP contribution is -2.29. The summed E-state index contributed by atoms with van der Waals surface area (Å²) in [6, 6.07) is 5.24. The summed E-state index contributed by atoms with van der Waals surface area (Å²) in [7, 11) is 1.90. The number of pyridine rings is 1. The van der Waals surface area contributed by atoms with Gasteiger partial charge in [-0.3, -0.25) is 4.79 Å². The van der Waals surface area contributed by atoms with Crippen molar-refractivity contribution >= 4 is 44.7 Å². The van der Waals surface area contributed by atoms with Gasteiger partial charge in [-0.2, -0.15) is 0 Å². The standard InChI is InChI=1S/C21H22FN7OS/c1-11-7-29-10-18(24-12(2)19(29)23-11)26-20(30)16-6-13-4-5-17(27-21(13)31-16)25-15-9-28(3)8-14(15)22/h4-7,10,14-15H,8-9H2,1-3H3,(H,25,27)(H,26,30). The van der Waals surface area contributed by atoms with Gasteiger partial charge in [0.15, 0.2) is 5.65 Å². The molecule has 1 aliphatic rings. The fourth-order valence-corrected chi connectivity index (χ4v) is 4.82. The number of nitrogens with one attached hydrogen (secondary N) is 2. The van der Waals surface area contributed by atoms with E-state index in [1.54, 1.807) is 12.3 Å². The van der Waals surface area contributed by atoms with Crippen LogP contribution in [0.25, 0.3) is 15.9 Å². The zero-order valence-corrected chi connectivity index (χ0v) is 18.2. The van der Waals surface area contributed by atoms with Crippen molar-refractivity contribution in [1.82, 2.24) is 24.3 Å². The molecular formula is C21H22FN7OS. The van der Waals surface area contributed by atoms with Gasteiger partial charge in [0.2, 0.25) is 0 Å². The molecule has 0 bridgehead atoms. The third-order valence-corrected chi connectivity index (χ3v) is 6.38. The maximum atomic E-state index is 14.1. The molecule has 1 saturated heterocycles. The minimum absolute atomic E-state index is 0.248. The lowest BCUT2D eigenvalue weighted by Gasteiger charge is -2.14. The summed E-state index contributed by atoms with van der Waals surface area (Å²) < 4.78 is 15.9. The van der Waals surface area contributed by atoms with Crippen molar-refractivity contribution in [3.63, 3.8) is 0 Å². The molecule has 2 atom stereocenters. The van der Waals surface area contributed by atoms with Crippen molar-refractivity contribution in [1.29, 1.82) is 0 Å². The Hall–Kier alpha value is -3.11. The molecule has 31 heavy (non-hydrogen) atoms. The number of alkyl halides is 1. The van der Waals surface area contributed by atoms with E-state index in [1.165, 1.54) is 11.3 Å². The van der Waals surface area contributed by atoms with Gasteiger partial charge < -0.3 is 19.9 Å². The first kappa shape index (κ1) is 19.8. The van der Waals surface area contributed by atoms with E-state index in [0.717, 1.165) is 27.3 Å². The first-order valence-corrected chi connectivity index (χ1v) is 10.8. The number of aromatic nitrogens is 4. The fraction of sp³-hybridized carbons (Fsp3) is 0.333. The van der Waals surface area contributed by atoms with Gasteiger partial charge in [-0.05, 0) is 39.1 Å². The van der Waals surface area contributed by atoms with Gasteiger partial charge in [0.05, 0.1) is 28.5 Å². The first-order valence-electron chi connectivity index (χ1n) is 10.00. The number of likely N-dealkylation sites (N-methyl/N-ethyl adjacent to an activating group) is 1. The summed E-state index contributed by atoms with van der Waals surface area (Å²) >= 11 is 1.30. The number of nitrogens with zero attached hydrogens (tertiary/aromatic N) is 5. The Morgan fingerprint density at radius 2 is 2.00 bits per heavy atom. The highest BCUT2D eigenvalue weighted by atomic mass is 32.1. The molecule has 2 unspecified atom stereocenters. The van der Waals surface area contributed by atoms with Crippen LogP contribution >= 0.6 is 11.3 Å². The zero-order chi connectivity index (χ0) is 21.7. The summed E-state index contributed by atoms with van der Waals surface area (Å²) in [5.74, 6) is 0.823. The minimum atomic E-state index is -0.931. The van der Waals surface area contributed by atoms with Crippen LogP contribution in [0.3, 0.4) is 0 Å². The van der Waals surface area contributed by atoms with E-state index in [4.69, 9.17) is 0 Å². The summed E-state index contributed by atoms with van der Waals surface area (Å²) in [5, 5.41) is 6.90. The Kier molecular flexibility index (Phi) is 4.82. The molecule has 4 aromatic heterocycles. The minimum Gasteiger partial charge on any atom is -0.363 e. The smallest absolute Gasteiger partial charge is 0.267 e. The van der Waals surface area contributed by atoms with E-state index < -0.39 is 6.17 Å². The van der Waals surface area contributed by atoms with Gasteiger partial charge in [-0.25, -0.2) is 19.3 Å². The highest BCUT2D eigenvalue weighted by Gasteiger charge is 2.30. The number of rotatable bonds is 4. The number of carbonyl (C=O) groups is 1. The monoisotopic (exact) mass is 439 g/mol. The number of anilines is 2. The number of aryl methyl sites for hydroxylation is 2. The topological polar surface area (TPSA) is 87.5 Å². The van der Waals surface area contributed by atoms with Gasteiger partial charge in [0.25, 0.3) is 5.91 Å². The molecule has 2 N–H and O–H groups in total. The number of hydrogen-bond donors (Lipinski definition) is 2. The maximum absolute atomic E-state index is 14.1. The maximum Gasteiger partial charge on any atom is 0.267 e. The predicted molar refractivity (Wildman–Crippen MR) is 120 cm³/mol. The van der Waals surface area contributed by atoms with Crippen LogP contribution in [-0.2, 0) is 0 Å². The third kappa shape index (κ3) is 3.84. The van der Waals surface area contributed by atoms with Crippen LogP contribution in [0.15, 0.2) is 30.6 Å². The highest BCUT2D eigenvalue weighted by molar-refractivity contribution is 7.20. The molecule has 4 aromatic rings. The molecule has 10 heteroatoms. The molecule has 1 fully saturated rings. The largest absolute Gasteiger partial charge is 0.363 e. The second kappa shape index (κ2) is 7.54. The van der Waals surface area contributed by atoms with E-state index in [-0.39, 0.29) is 11.9 Å². The Morgan fingerprint density at radius 3 is 2.77 bits per heavy atom. The van der Waals surface area contributed by atoms with Gasteiger partial charge in [0, 0.05) is 24.7 Å². The Labute approximate surface area is 182 Å². The van der Waals surface area contributed by atoms with E-state index in [2.05, 4.69) is 25.6 Å². The third-order valence-electron chi connectivity index (χ3n) is 5.34. The number of imidazole rings is 1. The molecule has 1 aliphatic heterocycles. The lowest BCUT2D eigenvalue weighted by molar-refractivity contribution is 0.103. The lowest BCUT2D eigenvalue weighted by atomic mass is 10.2. The Balaban J connectivity index is 1.35. The van der Waals surface area contributed by atoms with Crippen LogP contribution in [0, 0.1) is 13.8 Å². The number of halogens is 1. The number of likely N-dealkylation sites (tertiary alicyclic amines) is 1. The van der Waals surface area contributed by atoms with Crippen molar-refractivity contribution in [3.8, 4) is 0 Å². The highest BCUT2D eigenvalue weighted by Crippen LogP contribution is 2.27. The van der Waals surface area contributed by atoms with E-state index >= 15 is 0 Å². The van der Waals surface area contributed by atoms with Crippen LogP contribution in [0.1, 0.15) is 21.1 Å². The Morgan fingerprint density at radius 1 is 1.16 bits per heavy atom. The van der Waals surface area contributed by atoms with E-state index in [0.29, 0.717) is 29.6 Å². The predicted octanol–water partition coefficient (Wildman–Crippen LogP) is 3.27. The number of carbonyl (C=O) groups excluding carboxylic acids is 1. The van der Waals surface area contributed by atoms with E-state index in [1.807, 2.05) is 48.5 Å². The van der Waals surface area contributed by atoms with Gasteiger partial charge in [-0.15, -0.1) is 11.3 Å². The summed E-state index contributed by atoms with van der Waals surface area (Å²) in [5.41, 5.74) is 2.39. The Bertz CT molecular complexity index is 1300. The van der Waals surface area contributed by atoms with Crippen molar-refractivity contribution in [2.24, 2.45) is 0 Å². The van der Waals surface area contributed by atoms with Crippen LogP contribution in [0.4, 0.5) is 16.0 Å². The summed E-state index contributed by atoms with van der Waals surface area (Å²) in [4.78, 5) is 29.5. The average Bonchev–Trinajstić information content (AvgIpc) is 3.38. The van der Waals surface area contributed by atoms with Crippen molar-refractivity contribution in [3.05, 3.63) is 46.9 Å². The molecule has 0 saturated carbocycles. The normalized spacial score (nSPS) is 19.4. The molecule has 0 aliphatic carbocycles. The molecule has 0 radical (unpaired) electrons. The van der Waals surface area contributed by atoms with Crippen molar-refractivity contribution in [2.45, 2.75) is 26.1 Å². The average molecular weight is 440 g/mol. The SMILES string of the molecule is Cc1cn2cc(NC(=O)c3cc4ccc(NC5CN(C)CC5F)nc4s3)nc(C)c2n1. The molecule has 0 aromatic carbocycles. The quantitative estimate of drug-likeness (QED) is 0.508. The first-order chi connectivity index (χ1) is 14.9. The number of fused-ring (bicyclic) bond motifs is 2. The number of hydrogen-bond acceptors (Lipinski definition) is 7. The molecule has 0 spiro atoms. The second-order valence-corrected chi connectivity index (χ2v) is 9.00. The fourth-order valence-electron chi connectivity index (χ4n) is 3.90. The van der Waals surface area contributed by atoms with Crippen molar-refractivity contribution in [2.75, 3.05) is 30.8 Å². The molecule has 160 valence electrons. The van der Waals surface area contributed by atoms with Crippen LogP contribution in [0.5, 0.6) is 0 Å². The number of amides is 1. The molecule has 8 nitrogen and oxygen atoms in total. The second-order valence-electron chi connectivity index (χ2n) is 7.97. The van der Waals surface area contributed by atoms with Crippen LogP contribution in [0.2, 0.25) is 0 Å². The van der Waals surface area contributed by atoms with Crippen LogP contribution < -0.4 is 10.6 Å². The molecule has 1 amide bonds. The number of thiophene rings is 1. The van der Waals surface area contributed by atoms with Crippen molar-refractivity contribution < 1.29 is 9.18 Å². The molecule has 5 rings (SSSR count). The van der Waals surface area contributed by atoms with E-state index in [9.17, 15) is 9.18 Å².